The third-order valence-corrected chi connectivity index (χ3v) is 5.26. The van der Waals surface area contributed by atoms with Gasteiger partial charge in [-0.1, -0.05) is 18.5 Å². The van der Waals surface area contributed by atoms with Gasteiger partial charge in [-0.15, -0.1) is 0 Å². The molecule has 1 saturated heterocycles. The largest absolute Gasteiger partial charge is 0.371 e. The van der Waals surface area contributed by atoms with Crippen molar-refractivity contribution in [2.45, 2.75) is 38.3 Å². The lowest BCUT2D eigenvalue weighted by molar-refractivity contribution is 0.639. The fraction of sp³-hybridized carbons (Fsp3) is 0.600. The average molecular weight is 299 g/mol. The molecule has 4 heteroatoms. The van der Waals surface area contributed by atoms with Crippen LogP contribution in [0.2, 0.25) is 5.02 Å². The lowest BCUT2D eigenvalue weighted by atomic mass is 10.0. The molecule has 2 rings (SSSR count). The molecule has 0 aromatic heterocycles. The maximum Gasteiger partial charge on any atom is 0.0410 e. The van der Waals surface area contributed by atoms with Gasteiger partial charge in [-0.3, -0.25) is 0 Å². The van der Waals surface area contributed by atoms with Crippen LogP contribution >= 0.6 is 23.4 Å². The first-order chi connectivity index (χ1) is 9.11. The average Bonchev–Trinajstić information content (AvgIpc) is 2.92. The Morgan fingerprint density at radius 1 is 1.53 bits per heavy atom. The second-order valence-corrected chi connectivity index (χ2v) is 6.86. The molecule has 1 aromatic carbocycles. The van der Waals surface area contributed by atoms with Crippen LogP contribution in [0.5, 0.6) is 0 Å². The third-order valence-electron chi connectivity index (χ3n) is 3.88. The van der Waals surface area contributed by atoms with Gasteiger partial charge in [0, 0.05) is 35.6 Å². The molecule has 1 aliphatic heterocycles. The molecule has 1 heterocycles. The second kappa shape index (κ2) is 6.87. The van der Waals surface area contributed by atoms with Crippen molar-refractivity contribution in [2.24, 2.45) is 5.73 Å². The van der Waals surface area contributed by atoms with Crippen LogP contribution in [0.3, 0.4) is 0 Å². The van der Waals surface area contributed by atoms with Gasteiger partial charge in [0.15, 0.2) is 0 Å². The van der Waals surface area contributed by atoms with Crippen molar-refractivity contribution in [1.29, 1.82) is 0 Å². The molecule has 106 valence electrons. The standard InChI is InChI=1S/C15H23ClN2S/c1-3-13(17)9-11-8-12(16)4-5-15(11)18(2)14-6-7-19-10-14/h4-5,8,13-14H,3,6-7,9-10,17H2,1-2H3. The molecule has 0 amide bonds. The number of nitrogens with two attached hydrogens (primary N) is 1. The zero-order valence-electron chi connectivity index (χ0n) is 11.7. The number of anilines is 1. The van der Waals surface area contributed by atoms with Crippen LogP contribution in [-0.4, -0.2) is 30.6 Å². The highest BCUT2D eigenvalue weighted by molar-refractivity contribution is 7.99. The monoisotopic (exact) mass is 298 g/mol. The van der Waals surface area contributed by atoms with Crippen LogP contribution in [0.1, 0.15) is 25.3 Å². The van der Waals surface area contributed by atoms with Crippen molar-refractivity contribution in [3.05, 3.63) is 28.8 Å². The van der Waals surface area contributed by atoms with Gasteiger partial charge < -0.3 is 10.6 Å². The molecule has 2 N–H and O–H groups in total. The minimum Gasteiger partial charge on any atom is -0.371 e. The van der Waals surface area contributed by atoms with E-state index in [0.29, 0.717) is 6.04 Å². The summed E-state index contributed by atoms with van der Waals surface area (Å²) in [7, 11) is 2.20. The number of halogens is 1. The van der Waals surface area contributed by atoms with Crippen LogP contribution < -0.4 is 10.6 Å². The molecule has 2 nitrogen and oxygen atoms in total. The molecule has 2 atom stereocenters. The Morgan fingerprint density at radius 2 is 2.32 bits per heavy atom. The summed E-state index contributed by atoms with van der Waals surface area (Å²) in [4.78, 5) is 2.41. The first kappa shape index (κ1) is 15.0. The zero-order chi connectivity index (χ0) is 13.8. The number of rotatable bonds is 5. The van der Waals surface area contributed by atoms with Gasteiger partial charge >= 0.3 is 0 Å². The molecule has 2 unspecified atom stereocenters. The minimum atomic E-state index is 0.212. The fourth-order valence-electron chi connectivity index (χ4n) is 2.51. The Balaban J connectivity index is 2.22. The number of hydrogen-bond donors (Lipinski definition) is 1. The molecule has 1 fully saturated rings. The van der Waals surface area contributed by atoms with E-state index in [1.165, 1.54) is 29.2 Å². The molecular weight excluding hydrogens is 276 g/mol. The first-order valence-electron chi connectivity index (χ1n) is 6.96. The molecule has 0 aliphatic carbocycles. The van der Waals surface area contributed by atoms with Gasteiger partial charge in [0.2, 0.25) is 0 Å². The van der Waals surface area contributed by atoms with E-state index in [4.69, 9.17) is 17.3 Å². The second-order valence-electron chi connectivity index (χ2n) is 5.27. The van der Waals surface area contributed by atoms with E-state index in [1.54, 1.807) is 0 Å². The van der Waals surface area contributed by atoms with E-state index in [2.05, 4.69) is 31.0 Å². The summed E-state index contributed by atoms with van der Waals surface area (Å²) in [6.07, 6.45) is 3.16. The van der Waals surface area contributed by atoms with E-state index in [9.17, 15) is 0 Å². The molecular formula is C15H23ClN2S. The van der Waals surface area contributed by atoms with Crippen molar-refractivity contribution < 1.29 is 0 Å². The summed E-state index contributed by atoms with van der Waals surface area (Å²) < 4.78 is 0. The zero-order valence-corrected chi connectivity index (χ0v) is 13.3. The van der Waals surface area contributed by atoms with Crippen LogP contribution in [-0.2, 0) is 6.42 Å². The predicted molar refractivity (Wildman–Crippen MR) is 87.6 cm³/mol. The van der Waals surface area contributed by atoms with Crippen molar-refractivity contribution in [3.8, 4) is 0 Å². The molecule has 0 saturated carbocycles. The van der Waals surface area contributed by atoms with Gasteiger partial charge in [-0.05, 0) is 48.8 Å². The minimum absolute atomic E-state index is 0.212. The number of benzene rings is 1. The predicted octanol–water partition coefficient (Wildman–Crippen LogP) is 3.56. The maximum absolute atomic E-state index is 6.14. The van der Waals surface area contributed by atoms with E-state index in [1.807, 2.05) is 17.8 Å². The highest BCUT2D eigenvalue weighted by atomic mass is 35.5. The molecule has 1 aromatic rings. The molecule has 0 bridgehead atoms. The topological polar surface area (TPSA) is 29.3 Å². The van der Waals surface area contributed by atoms with Crippen molar-refractivity contribution >= 4 is 29.1 Å². The molecule has 19 heavy (non-hydrogen) atoms. The third kappa shape index (κ3) is 3.80. The first-order valence-corrected chi connectivity index (χ1v) is 8.49. The Hall–Kier alpha value is -0.380. The Bertz CT molecular complexity index is 419. The van der Waals surface area contributed by atoms with Gasteiger partial charge in [0.1, 0.15) is 0 Å². The molecule has 1 aliphatic rings. The van der Waals surface area contributed by atoms with Gasteiger partial charge in [-0.2, -0.15) is 11.8 Å². The summed E-state index contributed by atoms with van der Waals surface area (Å²) in [5.41, 5.74) is 8.68. The summed E-state index contributed by atoms with van der Waals surface area (Å²) in [6, 6.07) is 7.05. The Labute approximate surface area is 125 Å². The normalized spacial score (nSPS) is 20.5. The Kier molecular flexibility index (Phi) is 5.43. The van der Waals surface area contributed by atoms with Crippen molar-refractivity contribution in [1.82, 2.24) is 0 Å². The number of hydrogen-bond acceptors (Lipinski definition) is 3. The smallest absolute Gasteiger partial charge is 0.0410 e. The van der Waals surface area contributed by atoms with E-state index in [-0.39, 0.29) is 6.04 Å². The van der Waals surface area contributed by atoms with Gasteiger partial charge in [0.25, 0.3) is 0 Å². The SMILES string of the molecule is CCC(N)Cc1cc(Cl)ccc1N(C)C1CCSC1. The van der Waals surface area contributed by atoms with Crippen LogP contribution in [0.4, 0.5) is 5.69 Å². The van der Waals surface area contributed by atoms with E-state index < -0.39 is 0 Å². The van der Waals surface area contributed by atoms with Crippen LogP contribution in [0.25, 0.3) is 0 Å². The molecule has 0 spiro atoms. The van der Waals surface area contributed by atoms with E-state index in [0.717, 1.165) is 17.9 Å². The highest BCUT2D eigenvalue weighted by Crippen LogP contribution is 2.30. The van der Waals surface area contributed by atoms with Crippen molar-refractivity contribution in [2.75, 3.05) is 23.5 Å². The van der Waals surface area contributed by atoms with E-state index >= 15 is 0 Å². The quantitative estimate of drug-likeness (QED) is 0.901. The fourth-order valence-corrected chi connectivity index (χ4v) is 3.98. The highest BCUT2D eigenvalue weighted by Gasteiger charge is 2.22. The van der Waals surface area contributed by atoms with Crippen LogP contribution in [0.15, 0.2) is 18.2 Å². The number of thioether (sulfide) groups is 1. The van der Waals surface area contributed by atoms with Gasteiger partial charge in [-0.25, -0.2) is 0 Å². The van der Waals surface area contributed by atoms with Gasteiger partial charge in [0.05, 0.1) is 0 Å². The molecule has 0 radical (unpaired) electrons. The van der Waals surface area contributed by atoms with Crippen LogP contribution in [0, 0.1) is 0 Å². The number of nitrogens with zero attached hydrogens (tertiary/aromatic N) is 1. The summed E-state index contributed by atoms with van der Waals surface area (Å²) in [5.74, 6) is 2.49. The lowest BCUT2D eigenvalue weighted by Crippen LogP contribution is -2.33. The lowest BCUT2D eigenvalue weighted by Gasteiger charge is -2.29. The maximum atomic E-state index is 6.14. The summed E-state index contributed by atoms with van der Waals surface area (Å²) in [6.45, 7) is 2.13. The summed E-state index contributed by atoms with van der Waals surface area (Å²) in [5, 5.41) is 0.802. The Morgan fingerprint density at radius 3 is 2.95 bits per heavy atom. The van der Waals surface area contributed by atoms with Crippen molar-refractivity contribution in [3.63, 3.8) is 0 Å². The summed E-state index contributed by atoms with van der Waals surface area (Å²) >= 11 is 8.18.